The van der Waals surface area contributed by atoms with Gasteiger partial charge in [0.25, 0.3) is 0 Å². The Morgan fingerprint density at radius 1 is 1.73 bits per heavy atom. The van der Waals surface area contributed by atoms with Crippen molar-refractivity contribution in [2.45, 2.75) is 25.7 Å². The Labute approximate surface area is 89.2 Å². The first-order valence-electron chi connectivity index (χ1n) is 4.99. The fourth-order valence-electron chi connectivity index (χ4n) is 1.87. The molecule has 1 heterocycles. The van der Waals surface area contributed by atoms with Crippen molar-refractivity contribution in [2.24, 2.45) is 5.41 Å². The van der Waals surface area contributed by atoms with Gasteiger partial charge in [0.05, 0.1) is 25.6 Å². The molecule has 15 heavy (non-hydrogen) atoms. The monoisotopic (exact) mass is 212 g/mol. The summed E-state index contributed by atoms with van der Waals surface area (Å²) in [6, 6.07) is 0. The van der Waals surface area contributed by atoms with Crippen molar-refractivity contribution >= 4 is 11.9 Å². The zero-order chi connectivity index (χ0) is 11.3. The quantitative estimate of drug-likeness (QED) is 0.522. The number of methoxy groups -OCH3 is 1. The number of carbonyl (C=O) groups excluding carboxylic acids is 2. The molecule has 1 rings (SSSR count). The van der Waals surface area contributed by atoms with E-state index in [2.05, 4.69) is 11.3 Å². The third-order valence-corrected chi connectivity index (χ3v) is 2.71. The van der Waals surface area contributed by atoms with E-state index in [1.807, 2.05) is 0 Å². The van der Waals surface area contributed by atoms with Gasteiger partial charge in [-0.15, -0.1) is 6.58 Å². The van der Waals surface area contributed by atoms with E-state index in [0.29, 0.717) is 19.4 Å². The minimum atomic E-state index is -0.743. The van der Waals surface area contributed by atoms with E-state index < -0.39 is 5.41 Å². The van der Waals surface area contributed by atoms with Crippen LogP contribution in [0.5, 0.6) is 0 Å². The van der Waals surface area contributed by atoms with Crippen LogP contribution in [-0.2, 0) is 19.1 Å². The van der Waals surface area contributed by atoms with E-state index in [0.717, 1.165) is 6.42 Å². The number of hydrogen-bond donors (Lipinski definition) is 0. The van der Waals surface area contributed by atoms with Crippen molar-refractivity contribution in [3.8, 4) is 0 Å². The second kappa shape index (κ2) is 4.96. The van der Waals surface area contributed by atoms with Gasteiger partial charge in [0.2, 0.25) is 0 Å². The molecular weight excluding hydrogens is 196 g/mol. The average Bonchev–Trinajstić information content (AvgIpc) is 2.23. The number of esters is 2. The van der Waals surface area contributed by atoms with Gasteiger partial charge in [-0.25, -0.2) is 0 Å². The van der Waals surface area contributed by atoms with Crippen molar-refractivity contribution in [2.75, 3.05) is 13.7 Å². The van der Waals surface area contributed by atoms with Crippen LogP contribution in [0, 0.1) is 5.41 Å². The molecule has 0 N–H and O–H groups in total. The molecule has 84 valence electrons. The number of allylic oxidation sites excluding steroid dienone is 1. The van der Waals surface area contributed by atoms with Crippen molar-refractivity contribution < 1.29 is 19.1 Å². The summed E-state index contributed by atoms with van der Waals surface area (Å²) >= 11 is 0. The van der Waals surface area contributed by atoms with Gasteiger partial charge in [-0.3, -0.25) is 9.59 Å². The molecule has 4 nitrogen and oxygen atoms in total. The van der Waals surface area contributed by atoms with Crippen LogP contribution in [0.1, 0.15) is 25.7 Å². The van der Waals surface area contributed by atoms with Crippen LogP contribution in [-0.4, -0.2) is 25.7 Å². The van der Waals surface area contributed by atoms with Gasteiger partial charge in [0.15, 0.2) is 0 Å². The molecule has 1 aliphatic rings. The maximum atomic E-state index is 11.7. The van der Waals surface area contributed by atoms with Gasteiger partial charge in [-0.1, -0.05) is 6.08 Å². The molecule has 0 aromatic carbocycles. The van der Waals surface area contributed by atoms with Gasteiger partial charge >= 0.3 is 11.9 Å². The van der Waals surface area contributed by atoms with E-state index in [1.165, 1.54) is 7.11 Å². The maximum Gasteiger partial charge on any atom is 0.312 e. The van der Waals surface area contributed by atoms with Crippen LogP contribution >= 0.6 is 0 Å². The summed E-state index contributed by atoms with van der Waals surface area (Å²) in [7, 11) is 1.32. The fraction of sp³-hybridized carbons (Fsp3) is 0.636. The Bertz CT molecular complexity index is 272. The molecule has 0 unspecified atom stereocenters. The van der Waals surface area contributed by atoms with Gasteiger partial charge in [0, 0.05) is 0 Å². The lowest BCUT2D eigenvalue weighted by Crippen LogP contribution is -2.39. The standard InChI is InChI=1S/C11H16O4/c1-3-5-11(8-9(12)14-2)6-4-7-15-10(11)13/h3H,1,4-8H2,2H3/t11-/m0/s1. The molecule has 1 atom stereocenters. The lowest BCUT2D eigenvalue weighted by molar-refractivity contribution is -0.167. The van der Waals surface area contributed by atoms with Crippen LogP contribution in [0.4, 0.5) is 0 Å². The van der Waals surface area contributed by atoms with E-state index in [-0.39, 0.29) is 18.4 Å². The van der Waals surface area contributed by atoms with Gasteiger partial charge in [0.1, 0.15) is 0 Å². The van der Waals surface area contributed by atoms with E-state index >= 15 is 0 Å². The number of cyclic esters (lactones) is 1. The highest BCUT2D eigenvalue weighted by atomic mass is 16.5. The van der Waals surface area contributed by atoms with Crippen LogP contribution in [0.15, 0.2) is 12.7 Å². The zero-order valence-electron chi connectivity index (χ0n) is 8.95. The highest BCUT2D eigenvalue weighted by Gasteiger charge is 2.43. The number of rotatable bonds is 4. The molecular formula is C11H16O4. The first-order valence-corrected chi connectivity index (χ1v) is 4.99. The van der Waals surface area contributed by atoms with Gasteiger partial charge < -0.3 is 9.47 Å². The first kappa shape index (κ1) is 11.8. The second-order valence-corrected chi connectivity index (χ2v) is 3.77. The molecule has 1 fully saturated rings. The van der Waals surface area contributed by atoms with Crippen LogP contribution in [0.3, 0.4) is 0 Å². The molecule has 0 aliphatic carbocycles. The maximum absolute atomic E-state index is 11.7. The van der Waals surface area contributed by atoms with Crippen LogP contribution in [0.25, 0.3) is 0 Å². The van der Waals surface area contributed by atoms with E-state index in [1.54, 1.807) is 6.08 Å². The molecule has 1 aliphatic heterocycles. The second-order valence-electron chi connectivity index (χ2n) is 3.77. The Morgan fingerprint density at radius 3 is 3.00 bits per heavy atom. The Hall–Kier alpha value is -1.32. The third-order valence-electron chi connectivity index (χ3n) is 2.71. The number of hydrogen-bond acceptors (Lipinski definition) is 4. The summed E-state index contributed by atoms with van der Waals surface area (Å²) in [5, 5.41) is 0. The van der Waals surface area contributed by atoms with Crippen LogP contribution in [0.2, 0.25) is 0 Å². The molecule has 0 aromatic heterocycles. The smallest absolute Gasteiger partial charge is 0.312 e. The zero-order valence-corrected chi connectivity index (χ0v) is 8.95. The summed E-state index contributed by atoms with van der Waals surface area (Å²) in [4.78, 5) is 22.9. The predicted molar refractivity (Wildman–Crippen MR) is 54.1 cm³/mol. The summed E-state index contributed by atoms with van der Waals surface area (Å²) in [6.07, 6.45) is 3.63. The van der Waals surface area contributed by atoms with Crippen molar-refractivity contribution in [3.05, 3.63) is 12.7 Å². The molecule has 0 spiro atoms. The van der Waals surface area contributed by atoms with Crippen molar-refractivity contribution in [1.82, 2.24) is 0 Å². The lowest BCUT2D eigenvalue weighted by atomic mass is 9.76. The largest absolute Gasteiger partial charge is 0.469 e. The Kier molecular flexibility index (Phi) is 3.88. The van der Waals surface area contributed by atoms with E-state index in [4.69, 9.17) is 4.74 Å². The number of ether oxygens (including phenoxy) is 2. The minimum absolute atomic E-state index is 0.0777. The highest BCUT2D eigenvalue weighted by molar-refractivity contribution is 5.84. The highest BCUT2D eigenvalue weighted by Crippen LogP contribution is 2.37. The summed E-state index contributed by atoms with van der Waals surface area (Å²) < 4.78 is 9.59. The third kappa shape index (κ3) is 2.58. The van der Waals surface area contributed by atoms with Gasteiger partial charge in [-0.2, -0.15) is 0 Å². The normalized spacial score (nSPS) is 25.5. The first-order chi connectivity index (χ1) is 7.14. The molecule has 0 saturated carbocycles. The van der Waals surface area contributed by atoms with Crippen LogP contribution < -0.4 is 0 Å². The molecule has 0 aromatic rings. The predicted octanol–water partition coefficient (Wildman–Crippen LogP) is 1.45. The molecule has 1 saturated heterocycles. The fourth-order valence-corrected chi connectivity index (χ4v) is 1.87. The Balaban J connectivity index is 2.79. The minimum Gasteiger partial charge on any atom is -0.469 e. The number of carbonyl (C=O) groups is 2. The van der Waals surface area contributed by atoms with Crippen molar-refractivity contribution in [1.29, 1.82) is 0 Å². The molecule has 0 radical (unpaired) electrons. The van der Waals surface area contributed by atoms with Gasteiger partial charge in [-0.05, 0) is 19.3 Å². The molecule has 4 heteroatoms. The lowest BCUT2D eigenvalue weighted by Gasteiger charge is -2.33. The topological polar surface area (TPSA) is 52.6 Å². The SMILES string of the molecule is C=CC[C@@]1(CC(=O)OC)CCCOC1=O. The average molecular weight is 212 g/mol. The summed E-state index contributed by atoms with van der Waals surface area (Å²) in [6.45, 7) is 4.05. The van der Waals surface area contributed by atoms with Crippen molar-refractivity contribution in [3.63, 3.8) is 0 Å². The Morgan fingerprint density at radius 2 is 2.47 bits per heavy atom. The molecule has 0 amide bonds. The van der Waals surface area contributed by atoms with E-state index in [9.17, 15) is 9.59 Å². The summed E-state index contributed by atoms with van der Waals surface area (Å²) in [5.41, 5.74) is -0.743. The summed E-state index contributed by atoms with van der Waals surface area (Å²) in [5.74, 6) is -0.685. The molecule has 0 bridgehead atoms.